The zero-order chi connectivity index (χ0) is 24.1. The first kappa shape index (κ1) is 26.8. The summed E-state index contributed by atoms with van der Waals surface area (Å²) in [5.41, 5.74) is 1.67. The summed E-state index contributed by atoms with van der Waals surface area (Å²) >= 11 is 0. The van der Waals surface area contributed by atoms with Crippen LogP contribution in [0.4, 0.5) is 0 Å². The maximum Gasteiger partial charge on any atom is 0.302 e. The van der Waals surface area contributed by atoms with E-state index in [1.807, 2.05) is 0 Å². The van der Waals surface area contributed by atoms with Gasteiger partial charge in [-0.15, -0.1) is 0 Å². The summed E-state index contributed by atoms with van der Waals surface area (Å²) in [6.45, 7) is 16.8. The molecule has 9 atom stereocenters. The average molecular weight is 459 g/mol. The van der Waals surface area contributed by atoms with E-state index in [1.54, 1.807) is 5.57 Å². The largest absolute Gasteiger partial charge is 0.466 e. The van der Waals surface area contributed by atoms with Crippen molar-refractivity contribution in [1.82, 2.24) is 0 Å². The van der Waals surface area contributed by atoms with Gasteiger partial charge in [-0.05, 0) is 97.7 Å². The lowest BCUT2D eigenvalue weighted by molar-refractivity contribution is -0.142. The minimum atomic E-state index is -0.136. The Morgan fingerprint density at radius 2 is 1.82 bits per heavy atom. The maximum absolute atomic E-state index is 11.4. The van der Waals surface area contributed by atoms with Crippen LogP contribution in [0, 0.1) is 59.2 Å². The van der Waals surface area contributed by atoms with E-state index in [2.05, 4.69) is 47.6 Å². The fourth-order valence-corrected chi connectivity index (χ4v) is 8.40. The monoisotopic (exact) mass is 458 g/mol. The fourth-order valence-electron chi connectivity index (χ4n) is 8.40. The zero-order valence-electron chi connectivity index (χ0n) is 22.9. The molecule has 2 nitrogen and oxygen atoms in total. The number of carbonyl (C=O) groups is 1. The molecule has 2 saturated carbocycles. The Morgan fingerprint density at radius 1 is 1.06 bits per heavy atom. The van der Waals surface area contributed by atoms with E-state index >= 15 is 0 Å². The van der Waals surface area contributed by atoms with Gasteiger partial charge in [-0.2, -0.15) is 0 Å². The smallest absolute Gasteiger partial charge is 0.302 e. The van der Waals surface area contributed by atoms with Crippen LogP contribution in [0.2, 0.25) is 0 Å². The summed E-state index contributed by atoms with van der Waals surface area (Å²) < 4.78 is 5.42. The van der Waals surface area contributed by atoms with Gasteiger partial charge in [-0.1, -0.05) is 78.9 Å². The lowest BCUT2D eigenvalue weighted by Crippen LogP contribution is -2.43. The lowest BCUT2D eigenvalue weighted by Gasteiger charge is -2.50. The van der Waals surface area contributed by atoms with Crippen LogP contribution < -0.4 is 0 Å². The molecule has 3 aliphatic rings. The van der Waals surface area contributed by atoms with Crippen LogP contribution in [-0.2, 0) is 9.53 Å². The van der Waals surface area contributed by atoms with Crippen molar-refractivity contribution in [3.05, 3.63) is 11.6 Å². The van der Waals surface area contributed by atoms with Gasteiger partial charge in [0.2, 0.25) is 0 Å². The van der Waals surface area contributed by atoms with Gasteiger partial charge < -0.3 is 4.74 Å². The van der Waals surface area contributed by atoms with E-state index in [0.717, 1.165) is 66.6 Å². The summed E-state index contributed by atoms with van der Waals surface area (Å²) in [4.78, 5) is 11.4. The molecule has 0 aromatic heterocycles. The van der Waals surface area contributed by atoms with Crippen LogP contribution in [0.25, 0.3) is 0 Å². The topological polar surface area (TPSA) is 26.3 Å². The molecule has 3 aliphatic carbocycles. The van der Waals surface area contributed by atoms with Gasteiger partial charge in [-0.3, -0.25) is 4.79 Å². The molecule has 0 amide bonds. The Morgan fingerprint density at radius 3 is 2.48 bits per heavy atom. The van der Waals surface area contributed by atoms with Crippen molar-refractivity contribution in [3.63, 3.8) is 0 Å². The van der Waals surface area contributed by atoms with Crippen LogP contribution in [0.15, 0.2) is 11.6 Å². The van der Waals surface area contributed by atoms with E-state index in [0.29, 0.717) is 18.4 Å². The summed E-state index contributed by atoms with van der Waals surface area (Å²) in [6, 6.07) is 0. The number of esters is 1. The molecule has 3 rings (SSSR count). The quantitative estimate of drug-likeness (QED) is 0.228. The molecule has 0 N–H and O–H groups in total. The highest BCUT2D eigenvalue weighted by molar-refractivity contribution is 5.65. The van der Waals surface area contributed by atoms with Crippen molar-refractivity contribution in [1.29, 1.82) is 0 Å². The molecular weight excluding hydrogens is 404 g/mol. The number of hydrogen-bond acceptors (Lipinski definition) is 2. The van der Waals surface area contributed by atoms with Crippen molar-refractivity contribution < 1.29 is 9.53 Å². The molecule has 0 aliphatic heterocycles. The second-order valence-corrected chi connectivity index (χ2v) is 12.8. The Hall–Kier alpha value is -0.790. The average Bonchev–Trinajstić information content (AvgIpc) is 3.20. The molecule has 7 unspecified atom stereocenters. The molecule has 2 fully saturated rings. The van der Waals surface area contributed by atoms with E-state index in [9.17, 15) is 4.79 Å². The van der Waals surface area contributed by atoms with Crippen molar-refractivity contribution in [3.8, 4) is 0 Å². The van der Waals surface area contributed by atoms with E-state index < -0.39 is 0 Å². The highest BCUT2D eigenvalue weighted by Gasteiger charge is 2.52. The first-order valence-corrected chi connectivity index (χ1v) is 14.5. The van der Waals surface area contributed by atoms with Gasteiger partial charge in [0.25, 0.3) is 0 Å². The second-order valence-electron chi connectivity index (χ2n) is 12.8. The van der Waals surface area contributed by atoms with Crippen LogP contribution >= 0.6 is 0 Å². The van der Waals surface area contributed by atoms with Crippen LogP contribution in [0.3, 0.4) is 0 Å². The second kappa shape index (κ2) is 12.3. The van der Waals surface area contributed by atoms with Gasteiger partial charge >= 0.3 is 5.97 Å². The van der Waals surface area contributed by atoms with Gasteiger partial charge in [0.15, 0.2) is 0 Å². The summed E-state index contributed by atoms with van der Waals surface area (Å²) in [7, 11) is 0. The molecule has 190 valence electrons. The molecule has 0 spiro atoms. The number of allylic oxidation sites excluding steroid dienone is 2. The normalized spacial score (nSPS) is 35.5. The van der Waals surface area contributed by atoms with Crippen LogP contribution in [0.1, 0.15) is 113 Å². The van der Waals surface area contributed by atoms with Gasteiger partial charge in [0.05, 0.1) is 6.61 Å². The Bertz CT molecular complexity index is 649. The molecule has 0 saturated heterocycles. The number of rotatable bonds is 11. The van der Waals surface area contributed by atoms with Crippen molar-refractivity contribution in [2.45, 2.75) is 113 Å². The summed E-state index contributed by atoms with van der Waals surface area (Å²) in [6.07, 6.45) is 16.0. The first-order chi connectivity index (χ1) is 15.7. The zero-order valence-corrected chi connectivity index (χ0v) is 22.9. The summed E-state index contributed by atoms with van der Waals surface area (Å²) in [5, 5.41) is 0. The minimum Gasteiger partial charge on any atom is -0.466 e. The molecule has 0 radical (unpaired) electrons. The molecule has 2 heteroatoms. The van der Waals surface area contributed by atoms with E-state index in [1.165, 1.54) is 51.9 Å². The van der Waals surface area contributed by atoms with Crippen LogP contribution in [-0.4, -0.2) is 12.6 Å². The van der Waals surface area contributed by atoms with Crippen LogP contribution in [0.5, 0.6) is 0 Å². The van der Waals surface area contributed by atoms with E-state index in [-0.39, 0.29) is 5.97 Å². The van der Waals surface area contributed by atoms with Crippen molar-refractivity contribution in [2.75, 3.05) is 6.61 Å². The van der Waals surface area contributed by atoms with Gasteiger partial charge in [0, 0.05) is 6.92 Å². The number of fused-ring (bicyclic) bond motifs is 3. The molecule has 0 aromatic rings. The standard InChI is InChI=1S/C31H54O2/c1-8-10-25(19-33-24(7)32)18-26-13-14-28-29-16-15-27(21(4)12-9-11-20(2)3)31(29)22(5)17-30(28)23(26)6/h13,20-23,25,27-31H,8-12,14-19H2,1-7H3/t21?,22?,23?,25-,27+,28?,29?,30?,31?/m0/s1. The molecule has 0 heterocycles. The maximum atomic E-state index is 11.4. The highest BCUT2D eigenvalue weighted by Crippen LogP contribution is 2.59. The molecule has 0 aromatic carbocycles. The third-order valence-electron chi connectivity index (χ3n) is 10.0. The number of ether oxygens (including phenoxy) is 1. The van der Waals surface area contributed by atoms with Crippen molar-refractivity contribution >= 4 is 5.97 Å². The van der Waals surface area contributed by atoms with Crippen molar-refractivity contribution in [2.24, 2.45) is 59.2 Å². The predicted molar refractivity (Wildman–Crippen MR) is 140 cm³/mol. The van der Waals surface area contributed by atoms with E-state index in [4.69, 9.17) is 4.74 Å². The Kier molecular flexibility index (Phi) is 9.96. The number of carbonyl (C=O) groups excluding carboxylic acids is 1. The minimum absolute atomic E-state index is 0.136. The lowest BCUT2D eigenvalue weighted by atomic mass is 9.54. The summed E-state index contributed by atoms with van der Waals surface area (Å²) in [5.74, 6) is 8.36. The fraction of sp³-hybridized carbons (Fsp3) is 0.903. The molecular formula is C31H54O2. The Labute approximate surface area is 205 Å². The number of hydrogen-bond donors (Lipinski definition) is 0. The molecule has 33 heavy (non-hydrogen) atoms. The highest BCUT2D eigenvalue weighted by atomic mass is 16.5. The first-order valence-electron chi connectivity index (χ1n) is 14.5. The Balaban J connectivity index is 1.64. The van der Waals surface area contributed by atoms with Gasteiger partial charge in [0.1, 0.15) is 0 Å². The third-order valence-corrected chi connectivity index (χ3v) is 10.0. The SMILES string of the molecule is CCC[C@H](COC(C)=O)CC1=CCC2C(CC(C)C3C2CC[C@@H]3C(C)CCCC(C)C)C1C. The predicted octanol–water partition coefficient (Wildman–Crippen LogP) is 8.70. The van der Waals surface area contributed by atoms with Gasteiger partial charge in [-0.25, -0.2) is 0 Å². The third kappa shape index (κ3) is 6.66. The molecule has 0 bridgehead atoms.